The van der Waals surface area contributed by atoms with Crippen LogP contribution in [0.3, 0.4) is 0 Å². The first-order chi connectivity index (χ1) is 11.9. The first kappa shape index (κ1) is 16.8. The third kappa shape index (κ3) is 4.51. The van der Waals surface area contributed by atoms with Gasteiger partial charge in [-0.15, -0.1) is 0 Å². The van der Waals surface area contributed by atoms with Crippen LogP contribution in [0.25, 0.3) is 0 Å². The maximum Gasteiger partial charge on any atom is 0.164 e. The lowest BCUT2D eigenvalue weighted by Gasteiger charge is -2.24. The van der Waals surface area contributed by atoms with Gasteiger partial charge in [-0.05, 0) is 62.4 Å². The zero-order valence-electron chi connectivity index (χ0n) is 14.5. The van der Waals surface area contributed by atoms with E-state index in [-0.39, 0.29) is 0 Å². The second-order valence-corrected chi connectivity index (χ2v) is 6.35. The molecule has 2 aromatic carbocycles. The summed E-state index contributed by atoms with van der Waals surface area (Å²) < 4.78 is 12.0. The molecule has 0 aromatic heterocycles. The molecule has 24 heavy (non-hydrogen) atoms. The van der Waals surface area contributed by atoms with E-state index in [9.17, 15) is 0 Å². The molecule has 1 aliphatic rings. The SMILES string of the molecule is CCOc1cccc(CC2CCNCC2)c1OCc1ccccc1. The normalized spacial score (nSPS) is 15.2. The zero-order chi connectivity index (χ0) is 16.6. The first-order valence-corrected chi connectivity index (χ1v) is 8.99. The molecule has 1 fully saturated rings. The average Bonchev–Trinajstić information content (AvgIpc) is 2.63. The molecule has 128 valence electrons. The quantitative estimate of drug-likeness (QED) is 0.827. The summed E-state index contributed by atoms with van der Waals surface area (Å²) in [5.74, 6) is 2.50. The maximum atomic E-state index is 6.21. The molecule has 3 nitrogen and oxygen atoms in total. The van der Waals surface area contributed by atoms with E-state index in [0.29, 0.717) is 13.2 Å². The van der Waals surface area contributed by atoms with Crippen molar-refractivity contribution in [3.8, 4) is 11.5 Å². The lowest BCUT2D eigenvalue weighted by molar-refractivity contribution is 0.264. The summed E-state index contributed by atoms with van der Waals surface area (Å²) in [6.45, 7) is 5.48. The summed E-state index contributed by atoms with van der Waals surface area (Å²) in [5.41, 5.74) is 2.44. The van der Waals surface area contributed by atoms with Gasteiger partial charge in [0, 0.05) is 0 Å². The number of hydrogen-bond acceptors (Lipinski definition) is 3. The fourth-order valence-electron chi connectivity index (χ4n) is 3.28. The highest BCUT2D eigenvalue weighted by molar-refractivity contribution is 5.47. The summed E-state index contributed by atoms with van der Waals surface area (Å²) in [4.78, 5) is 0. The number of ether oxygens (including phenoxy) is 2. The van der Waals surface area contributed by atoms with Gasteiger partial charge in [0.05, 0.1) is 6.61 Å². The van der Waals surface area contributed by atoms with Crippen LogP contribution in [-0.4, -0.2) is 19.7 Å². The van der Waals surface area contributed by atoms with Crippen LogP contribution < -0.4 is 14.8 Å². The Morgan fingerprint density at radius 2 is 1.75 bits per heavy atom. The molecule has 0 atom stereocenters. The van der Waals surface area contributed by atoms with Crippen molar-refractivity contribution in [2.75, 3.05) is 19.7 Å². The number of piperidine rings is 1. The Morgan fingerprint density at radius 1 is 0.958 bits per heavy atom. The highest BCUT2D eigenvalue weighted by Crippen LogP contribution is 2.34. The van der Waals surface area contributed by atoms with Crippen molar-refractivity contribution in [3.05, 3.63) is 59.7 Å². The van der Waals surface area contributed by atoms with Crippen molar-refractivity contribution in [1.82, 2.24) is 5.32 Å². The van der Waals surface area contributed by atoms with Gasteiger partial charge in [0.25, 0.3) is 0 Å². The van der Waals surface area contributed by atoms with Crippen LogP contribution in [-0.2, 0) is 13.0 Å². The summed E-state index contributed by atoms with van der Waals surface area (Å²) in [5, 5.41) is 3.44. The van der Waals surface area contributed by atoms with Crippen LogP contribution >= 0.6 is 0 Å². The molecule has 0 aliphatic carbocycles. The molecule has 0 amide bonds. The summed E-state index contributed by atoms with van der Waals surface area (Å²) in [7, 11) is 0. The molecule has 0 saturated carbocycles. The molecular weight excluding hydrogens is 298 g/mol. The van der Waals surface area contributed by atoms with Crippen LogP contribution in [0, 0.1) is 5.92 Å². The molecule has 3 heteroatoms. The molecular formula is C21H27NO2. The highest BCUT2D eigenvalue weighted by Gasteiger charge is 2.18. The van der Waals surface area contributed by atoms with Crippen LogP contribution in [0.15, 0.2) is 48.5 Å². The number of rotatable bonds is 7. The van der Waals surface area contributed by atoms with E-state index in [0.717, 1.165) is 36.9 Å². The van der Waals surface area contributed by atoms with E-state index < -0.39 is 0 Å². The van der Waals surface area contributed by atoms with E-state index in [1.165, 1.54) is 24.0 Å². The van der Waals surface area contributed by atoms with Gasteiger partial charge in [-0.25, -0.2) is 0 Å². The van der Waals surface area contributed by atoms with E-state index in [2.05, 4.69) is 29.6 Å². The Labute approximate surface area is 145 Å². The predicted molar refractivity (Wildman–Crippen MR) is 97.7 cm³/mol. The standard InChI is InChI=1S/C21H27NO2/c1-2-23-20-10-6-9-19(15-17-11-13-22-14-12-17)21(20)24-16-18-7-4-3-5-8-18/h3-10,17,22H,2,11-16H2,1H3. The lowest BCUT2D eigenvalue weighted by Crippen LogP contribution is -2.28. The predicted octanol–water partition coefficient (Wildman–Crippen LogP) is 4.21. The topological polar surface area (TPSA) is 30.5 Å². The van der Waals surface area contributed by atoms with Gasteiger partial charge >= 0.3 is 0 Å². The summed E-state index contributed by atoms with van der Waals surface area (Å²) in [6, 6.07) is 16.6. The Kier molecular flexibility index (Phi) is 6.13. The van der Waals surface area contributed by atoms with Gasteiger partial charge in [0.15, 0.2) is 11.5 Å². The fraction of sp³-hybridized carbons (Fsp3) is 0.429. The second kappa shape index (κ2) is 8.74. The highest BCUT2D eigenvalue weighted by atomic mass is 16.5. The molecule has 1 saturated heterocycles. The van der Waals surface area contributed by atoms with Crippen LogP contribution in [0.1, 0.15) is 30.9 Å². The van der Waals surface area contributed by atoms with Gasteiger partial charge in [0.1, 0.15) is 6.61 Å². The maximum absolute atomic E-state index is 6.21. The number of benzene rings is 2. The van der Waals surface area contributed by atoms with Crippen molar-refractivity contribution < 1.29 is 9.47 Å². The molecule has 1 aliphatic heterocycles. The van der Waals surface area contributed by atoms with E-state index >= 15 is 0 Å². The van der Waals surface area contributed by atoms with Crippen molar-refractivity contribution in [2.45, 2.75) is 32.8 Å². The van der Waals surface area contributed by atoms with Crippen molar-refractivity contribution >= 4 is 0 Å². The van der Waals surface area contributed by atoms with Crippen molar-refractivity contribution in [2.24, 2.45) is 5.92 Å². The number of nitrogens with one attached hydrogen (secondary N) is 1. The Morgan fingerprint density at radius 3 is 2.50 bits per heavy atom. The minimum atomic E-state index is 0.574. The molecule has 0 unspecified atom stereocenters. The monoisotopic (exact) mass is 325 g/mol. The molecule has 3 rings (SSSR count). The minimum Gasteiger partial charge on any atom is -0.490 e. The van der Waals surface area contributed by atoms with Gasteiger partial charge in [0.2, 0.25) is 0 Å². The molecule has 1 heterocycles. The zero-order valence-corrected chi connectivity index (χ0v) is 14.5. The van der Waals surface area contributed by atoms with Crippen molar-refractivity contribution in [3.63, 3.8) is 0 Å². The smallest absolute Gasteiger partial charge is 0.164 e. The van der Waals surface area contributed by atoms with E-state index in [1.54, 1.807) is 0 Å². The third-order valence-corrected chi connectivity index (χ3v) is 4.55. The Hall–Kier alpha value is -2.00. The van der Waals surface area contributed by atoms with E-state index in [1.807, 2.05) is 31.2 Å². The molecule has 1 N–H and O–H groups in total. The van der Waals surface area contributed by atoms with E-state index in [4.69, 9.17) is 9.47 Å². The molecule has 2 aromatic rings. The fourth-order valence-corrected chi connectivity index (χ4v) is 3.28. The van der Waals surface area contributed by atoms with Crippen LogP contribution in [0.4, 0.5) is 0 Å². The second-order valence-electron chi connectivity index (χ2n) is 6.35. The molecule has 0 bridgehead atoms. The minimum absolute atomic E-state index is 0.574. The van der Waals surface area contributed by atoms with Crippen LogP contribution in [0.5, 0.6) is 11.5 Å². The van der Waals surface area contributed by atoms with Gasteiger partial charge in [-0.3, -0.25) is 0 Å². The van der Waals surface area contributed by atoms with Gasteiger partial charge in [-0.1, -0.05) is 42.5 Å². The first-order valence-electron chi connectivity index (χ1n) is 8.99. The molecule has 0 spiro atoms. The van der Waals surface area contributed by atoms with Gasteiger partial charge in [-0.2, -0.15) is 0 Å². The van der Waals surface area contributed by atoms with Crippen molar-refractivity contribution in [1.29, 1.82) is 0 Å². The average molecular weight is 325 g/mol. The largest absolute Gasteiger partial charge is 0.490 e. The Balaban J connectivity index is 1.77. The molecule has 0 radical (unpaired) electrons. The summed E-state index contributed by atoms with van der Waals surface area (Å²) in [6.07, 6.45) is 3.53. The third-order valence-electron chi connectivity index (χ3n) is 4.55. The lowest BCUT2D eigenvalue weighted by atomic mass is 9.90. The summed E-state index contributed by atoms with van der Waals surface area (Å²) >= 11 is 0. The number of hydrogen-bond donors (Lipinski definition) is 1. The van der Waals surface area contributed by atoms with Crippen LogP contribution in [0.2, 0.25) is 0 Å². The van der Waals surface area contributed by atoms with Gasteiger partial charge < -0.3 is 14.8 Å². The number of para-hydroxylation sites is 1. The Bertz CT molecular complexity index is 621.